The van der Waals surface area contributed by atoms with Crippen molar-refractivity contribution in [1.29, 1.82) is 0 Å². The van der Waals surface area contributed by atoms with Crippen LogP contribution < -0.4 is 15.2 Å². The Morgan fingerprint density at radius 1 is 1.30 bits per heavy atom. The molecule has 0 saturated carbocycles. The smallest absolute Gasteiger partial charge is 0.325 e. The van der Waals surface area contributed by atoms with Crippen LogP contribution in [0.1, 0.15) is 24.4 Å². The van der Waals surface area contributed by atoms with Gasteiger partial charge in [-0.05, 0) is 18.9 Å². The van der Waals surface area contributed by atoms with Crippen molar-refractivity contribution in [1.82, 2.24) is 9.88 Å². The van der Waals surface area contributed by atoms with E-state index in [1.165, 1.54) is 14.2 Å². The third-order valence-electron chi connectivity index (χ3n) is 4.09. The molecule has 1 aliphatic heterocycles. The second-order valence-electron chi connectivity index (χ2n) is 5.41. The number of primary amides is 1. The number of aliphatic carboxylic acids is 1. The number of carboxylic acids is 1. The first-order valence-corrected chi connectivity index (χ1v) is 7.33. The van der Waals surface area contributed by atoms with E-state index in [9.17, 15) is 14.7 Å². The molecule has 1 amide bonds. The molecule has 0 aliphatic carbocycles. The molecule has 8 nitrogen and oxygen atoms in total. The van der Waals surface area contributed by atoms with Crippen LogP contribution in [0, 0.1) is 5.92 Å². The number of methoxy groups -OCH3 is 2. The fourth-order valence-electron chi connectivity index (χ4n) is 2.85. The summed E-state index contributed by atoms with van der Waals surface area (Å²) in [5, 5.41) is 9.65. The molecule has 1 atom stereocenters. The van der Waals surface area contributed by atoms with Crippen molar-refractivity contribution >= 4 is 11.9 Å². The lowest BCUT2D eigenvalue weighted by atomic mass is 9.94. The lowest BCUT2D eigenvalue weighted by Crippen LogP contribution is -2.43. The van der Waals surface area contributed by atoms with Gasteiger partial charge in [-0.1, -0.05) is 0 Å². The van der Waals surface area contributed by atoms with Crippen molar-refractivity contribution < 1.29 is 24.2 Å². The van der Waals surface area contributed by atoms with Gasteiger partial charge in [0.05, 0.1) is 14.2 Å². The molecule has 0 bridgehead atoms. The summed E-state index contributed by atoms with van der Waals surface area (Å²) in [5.41, 5.74) is 5.78. The van der Waals surface area contributed by atoms with Crippen LogP contribution in [0.5, 0.6) is 11.8 Å². The Kier molecular flexibility index (Phi) is 5.38. The first kappa shape index (κ1) is 17.0. The SMILES string of the molecule is COc1ccc(C(C(=O)O)N2CCC(C(N)=O)CC2)c(OC)n1. The maximum absolute atomic E-state index is 11.8. The molecule has 1 unspecified atom stereocenters. The Hall–Kier alpha value is -2.35. The van der Waals surface area contributed by atoms with Gasteiger partial charge in [0.15, 0.2) is 0 Å². The number of piperidine rings is 1. The van der Waals surface area contributed by atoms with E-state index in [0.29, 0.717) is 37.4 Å². The first-order chi connectivity index (χ1) is 11.0. The first-order valence-electron chi connectivity index (χ1n) is 7.33. The number of likely N-dealkylation sites (tertiary alicyclic amines) is 1. The van der Waals surface area contributed by atoms with Gasteiger partial charge in [0.1, 0.15) is 6.04 Å². The number of carbonyl (C=O) groups is 2. The van der Waals surface area contributed by atoms with E-state index in [-0.39, 0.29) is 17.7 Å². The molecule has 1 aliphatic rings. The second kappa shape index (κ2) is 7.28. The molecule has 8 heteroatoms. The van der Waals surface area contributed by atoms with Crippen LogP contribution in [-0.4, -0.2) is 54.2 Å². The molecular weight excluding hydrogens is 302 g/mol. The Morgan fingerprint density at radius 3 is 2.43 bits per heavy atom. The molecule has 0 aromatic carbocycles. The van der Waals surface area contributed by atoms with E-state index in [1.807, 2.05) is 0 Å². The number of amides is 1. The second-order valence-corrected chi connectivity index (χ2v) is 5.41. The van der Waals surface area contributed by atoms with Crippen LogP contribution in [0.15, 0.2) is 12.1 Å². The van der Waals surface area contributed by atoms with E-state index in [4.69, 9.17) is 15.2 Å². The Morgan fingerprint density at radius 2 is 1.96 bits per heavy atom. The number of aromatic nitrogens is 1. The summed E-state index contributed by atoms with van der Waals surface area (Å²) in [4.78, 5) is 29.0. The van der Waals surface area contributed by atoms with E-state index < -0.39 is 12.0 Å². The van der Waals surface area contributed by atoms with Crippen molar-refractivity contribution in [3.8, 4) is 11.8 Å². The summed E-state index contributed by atoms with van der Waals surface area (Å²) in [5.74, 6) is -0.958. The summed E-state index contributed by atoms with van der Waals surface area (Å²) >= 11 is 0. The highest BCUT2D eigenvalue weighted by Gasteiger charge is 2.34. The number of rotatable bonds is 6. The van der Waals surface area contributed by atoms with E-state index in [0.717, 1.165) is 0 Å². The van der Waals surface area contributed by atoms with Gasteiger partial charge in [0, 0.05) is 30.6 Å². The van der Waals surface area contributed by atoms with Crippen LogP contribution in [0.4, 0.5) is 0 Å². The van der Waals surface area contributed by atoms with Gasteiger partial charge in [-0.15, -0.1) is 0 Å². The highest BCUT2D eigenvalue weighted by molar-refractivity contribution is 5.78. The molecular formula is C15H21N3O5. The highest BCUT2D eigenvalue weighted by atomic mass is 16.5. The fraction of sp³-hybridized carbons (Fsp3) is 0.533. The number of hydrogen-bond donors (Lipinski definition) is 2. The average Bonchev–Trinajstić information content (AvgIpc) is 2.55. The lowest BCUT2D eigenvalue weighted by molar-refractivity contribution is -0.144. The summed E-state index contributed by atoms with van der Waals surface area (Å²) in [6, 6.07) is 2.35. The maximum Gasteiger partial charge on any atom is 0.325 e. The minimum absolute atomic E-state index is 0.198. The molecule has 1 aromatic rings. The summed E-state index contributed by atoms with van der Waals surface area (Å²) in [6.07, 6.45) is 1.09. The van der Waals surface area contributed by atoms with Crippen molar-refractivity contribution in [3.05, 3.63) is 17.7 Å². The third kappa shape index (κ3) is 3.70. The zero-order valence-electron chi connectivity index (χ0n) is 13.2. The van der Waals surface area contributed by atoms with Crippen molar-refractivity contribution in [2.75, 3.05) is 27.3 Å². The summed E-state index contributed by atoms with van der Waals surface area (Å²) in [7, 11) is 2.91. The van der Waals surface area contributed by atoms with Crippen molar-refractivity contribution in [2.24, 2.45) is 11.7 Å². The molecule has 2 heterocycles. The number of nitrogens with two attached hydrogens (primary N) is 1. The van der Waals surface area contributed by atoms with Gasteiger partial charge in [-0.3, -0.25) is 14.5 Å². The minimum atomic E-state index is -0.993. The summed E-state index contributed by atoms with van der Waals surface area (Å²) < 4.78 is 10.2. The highest BCUT2D eigenvalue weighted by Crippen LogP contribution is 2.32. The van der Waals surface area contributed by atoms with Crippen LogP contribution in [0.25, 0.3) is 0 Å². The average molecular weight is 323 g/mol. The quantitative estimate of drug-likeness (QED) is 0.779. The van der Waals surface area contributed by atoms with Crippen LogP contribution in [-0.2, 0) is 9.59 Å². The molecule has 1 saturated heterocycles. The number of pyridine rings is 1. The van der Waals surface area contributed by atoms with E-state index in [2.05, 4.69) is 4.98 Å². The van der Waals surface area contributed by atoms with Gasteiger partial charge in [0.2, 0.25) is 17.7 Å². The molecule has 3 N–H and O–H groups in total. The molecule has 126 valence electrons. The topological polar surface area (TPSA) is 115 Å². The van der Waals surface area contributed by atoms with E-state index >= 15 is 0 Å². The van der Waals surface area contributed by atoms with Gasteiger partial charge in [0.25, 0.3) is 0 Å². The zero-order chi connectivity index (χ0) is 17.0. The zero-order valence-corrected chi connectivity index (χ0v) is 13.2. The van der Waals surface area contributed by atoms with Crippen molar-refractivity contribution in [3.63, 3.8) is 0 Å². The fourth-order valence-corrected chi connectivity index (χ4v) is 2.85. The third-order valence-corrected chi connectivity index (χ3v) is 4.09. The number of carbonyl (C=O) groups excluding carboxylic acids is 1. The number of ether oxygens (including phenoxy) is 2. The molecule has 0 radical (unpaired) electrons. The molecule has 23 heavy (non-hydrogen) atoms. The predicted molar refractivity (Wildman–Crippen MR) is 81.2 cm³/mol. The van der Waals surface area contributed by atoms with E-state index in [1.54, 1.807) is 17.0 Å². The monoisotopic (exact) mass is 323 g/mol. The molecule has 1 fully saturated rings. The van der Waals surface area contributed by atoms with Crippen LogP contribution >= 0.6 is 0 Å². The maximum atomic E-state index is 11.8. The number of carboxylic acid groups (broad SMARTS) is 1. The normalized spacial score (nSPS) is 17.5. The lowest BCUT2D eigenvalue weighted by Gasteiger charge is -2.35. The minimum Gasteiger partial charge on any atom is -0.481 e. The van der Waals surface area contributed by atoms with Crippen LogP contribution in [0.2, 0.25) is 0 Å². The molecule has 2 rings (SSSR count). The predicted octanol–water partition coefficient (Wildman–Crippen LogP) is 0.422. The van der Waals surface area contributed by atoms with Crippen LogP contribution in [0.3, 0.4) is 0 Å². The molecule has 1 aromatic heterocycles. The largest absolute Gasteiger partial charge is 0.481 e. The Bertz CT molecular complexity index is 584. The van der Waals surface area contributed by atoms with Gasteiger partial charge < -0.3 is 20.3 Å². The van der Waals surface area contributed by atoms with Gasteiger partial charge in [-0.2, -0.15) is 4.98 Å². The van der Waals surface area contributed by atoms with Crippen molar-refractivity contribution in [2.45, 2.75) is 18.9 Å². The number of hydrogen-bond acceptors (Lipinski definition) is 6. The Labute approximate surface area is 134 Å². The summed E-state index contributed by atoms with van der Waals surface area (Å²) in [6.45, 7) is 0.944. The number of nitrogens with zero attached hydrogens (tertiary/aromatic N) is 2. The molecule has 0 spiro atoms. The Balaban J connectivity index is 2.26. The standard InChI is InChI=1S/C15H21N3O5/c1-22-11-4-3-10(14(17-11)23-2)12(15(20)21)18-7-5-9(6-8-18)13(16)19/h3-4,9,12H,5-8H2,1-2H3,(H2,16,19)(H,20,21). The van der Waals surface area contributed by atoms with Gasteiger partial charge >= 0.3 is 5.97 Å². The van der Waals surface area contributed by atoms with Gasteiger partial charge in [-0.25, -0.2) is 0 Å².